The highest BCUT2D eigenvalue weighted by Gasteiger charge is 2.33. The number of aromatic nitrogens is 2. The van der Waals surface area contributed by atoms with Gasteiger partial charge in [0.15, 0.2) is 0 Å². The highest BCUT2D eigenvalue weighted by Crippen LogP contribution is 2.31. The summed E-state index contributed by atoms with van der Waals surface area (Å²) in [7, 11) is 3.19. The molecule has 1 aromatic carbocycles. The predicted molar refractivity (Wildman–Crippen MR) is 102 cm³/mol. The number of rotatable bonds is 7. The van der Waals surface area contributed by atoms with Gasteiger partial charge in [0.05, 0.1) is 19.9 Å². The Kier molecular flexibility index (Phi) is 5.61. The lowest BCUT2D eigenvalue weighted by Crippen LogP contribution is -2.33. The molecule has 1 aliphatic rings. The molecule has 0 bridgehead atoms. The summed E-state index contributed by atoms with van der Waals surface area (Å²) in [6, 6.07) is 5.17. The van der Waals surface area contributed by atoms with Crippen molar-refractivity contribution < 1.29 is 14.3 Å². The molecule has 1 N–H and O–H groups in total. The van der Waals surface area contributed by atoms with Gasteiger partial charge in [0, 0.05) is 42.7 Å². The van der Waals surface area contributed by atoms with Crippen LogP contribution in [0.2, 0.25) is 0 Å². The van der Waals surface area contributed by atoms with Gasteiger partial charge in [0.2, 0.25) is 11.0 Å². The predicted octanol–water partition coefficient (Wildman–Crippen LogP) is 2.97. The van der Waals surface area contributed by atoms with Crippen molar-refractivity contribution >= 4 is 28.3 Å². The number of carbonyl (C=O) groups excluding carboxylic acids is 1. The Labute approximate surface area is 157 Å². The first kappa shape index (κ1) is 18.4. The Morgan fingerprint density at radius 1 is 1.27 bits per heavy atom. The molecule has 8 heteroatoms. The van der Waals surface area contributed by atoms with Gasteiger partial charge in [-0.25, -0.2) is 4.98 Å². The lowest BCUT2D eigenvalue weighted by Gasteiger charge is -2.18. The summed E-state index contributed by atoms with van der Waals surface area (Å²) in [4.78, 5) is 19.1. The summed E-state index contributed by atoms with van der Waals surface area (Å²) in [5.41, 5.74) is 0.772. The fourth-order valence-electron chi connectivity index (χ4n) is 2.93. The van der Waals surface area contributed by atoms with Crippen molar-refractivity contribution in [2.24, 2.45) is 5.92 Å². The summed E-state index contributed by atoms with van der Waals surface area (Å²) in [6.07, 6.45) is 1.55. The zero-order valence-corrected chi connectivity index (χ0v) is 16.3. The number of carbonyl (C=O) groups is 1. The number of nitrogens with one attached hydrogen (secondary N) is 1. The van der Waals surface area contributed by atoms with Gasteiger partial charge in [-0.2, -0.15) is 4.37 Å². The lowest BCUT2D eigenvalue weighted by atomic mass is 10.1. The average Bonchev–Trinajstić information content (AvgIpc) is 3.21. The van der Waals surface area contributed by atoms with Gasteiger partial charge in [-0.3, -0.25) is 4.79 Å². The molecule has 2 aromatic rings. The maximum atomic E-state index is 12.8. The third-order valence-electron chi connectivity index (χ3n) is 4.21. The molecule has 0 saturated carbocycles. The summed E-state index contributed by atoms with van der Waals surface area (Å²) in [5, 5.41) is 3.93. The summed E-state index contributed by atoms with van der Waals surface area (Å²) < 4.78 is 15.0. The zero-order valence-electron chi connectivity index (χ0n) is 15.5. The topological polar surface area (TPSA) is 76.6 Å². The van der Waals surface area contributed by atoms with E-state index in [-0.39, 0.29) is 11.9 Å². The van der Waals surface area contributed by atoms with Crippen LogP contribution < -0.4 is 19.7 Å². The van der Waals surface area contributed by atoms with E-state index in [1.807, 2.05) is 12.1 Å². The highest BCUT2D eigenvalue weighted by molar-refractivity contribution is 7.09. The van der Waals surface area contributed by atoms with Gasteiger partial charge in [0.25, 0.3) is 0 Å². The van der Waals surface area contributed by atoms with Crippen LogP contribution in [0.3, 0.4) is 0 Å². The van der Waals surface area contributed by atoms with Crippen molar-refractivity contribution in [3.05, 3.63) is 24.0 Å². The Balaban J connectivity index is 1.71. The van der Waals surface area contributed by atoms with E-state index < -0.39 is 0 Å². The molecule has 2 heterocycles. The smallest absolute Gasteiger partial charge is 0.249 e. The van der Waals surface area contributed by atoms with Crippen LogP contribution in [0.4, 0.5) is 10.8 Å². The molecule has 26 heavy (non-hydrogen) atoms. The van der Waals surface area contributed by atoms with E-state index in [4.69, 9.17) is 9.47 Å². The number of anilines is 2. The molecule has 1 aliphatic heterocycles. The van der Waals surface area contributed by atoms with Crippen LogP contribution in [0.25, 0.3) is 0 Å². The summed E-state index contributed by atoms with van der Waals surface area (Å²) in [6.45, 7) is 4.90. The molecule has 0 aliphatic carbocycles. The molecular weight excluding hydrogens is 352 g/mol. The Morgan fingerprint density at radius 2 is 1.96 bits per heavy atom. The second-order valence-electron chi connectivity index (χ2n) is 6.66. The van der Waals surface area contributed by atoms with Crippen LogP contribution >= 0.6 is 11.5 Å². The molecule has 7 nitrogen and oxygen atoms in total. The van der Waals surface area contributed by atoms with Crippen molar-refractivity contribution in [1.29, 1.82) is 0 Å². The number of methoxy groups -OCH3 is 2. The van der Waals surface area contributed by atoms with Crippen molar-refractivity contribution in [2.75, 3.05) is 31.0 Å². The van der Waals surface area contributed by atoms with Gasteiger partial charge in [-0.05, 0) is 12.3 Å². The third-order valence-corrected chi connectivity index (χ3v) is 4.89. The SMILES string of the molecule is COc1cc(OC)cc(N2CCC(Nc3nc(CC(C)C)ns3)C2=O)c1. The molecule has 1 atom stereocenters. The molecule has 1 saturated heterocycles. The van der Waals surface area contributed by atoms with Crippen LogP contribution in [-0.2, 0) is 11.2 Å². The molecule has 3 rings (SSSR count). The number of hydrogen-bond acceptors (Lipinski definition) is 7. The van der Waals surface area contributed by atoms with Gasteiger partial charge in [0.1, 0.15) is 23.4 Å². The van der Waals surface area contributed by atoms with Crippen molar-refractivity contribution in [2.45, 2.75) is 32.7 Å². The molecule has 1 unspecified atom stereocenters. The third kappa shape index (κ3) is 4.07. The Bertz CT molecular complexity index is 755. The van der Waals surface area contributed by atoms with Crippen molar-refractivity contribution in [3.63, 3.8) is 0 Å². The van der Waals surface area contributed by atoms with Crippen LogP contribution in [0, 0.1) is 5.92 Å². The highest BCUT2D eigenvalue weighted by atomic mass is 32.1. The Morgan fingerprint density at radius 3 is 2.58 bits per heavy atom. The first-order valence-corrected chi connectivity index (χ1v) is 9.41. The van der Waals surface area contributed by atoms with Crippen molar-refractivity contribution in [3.8, 4) is 11.5 Å². The fourth-order valence-corrected chi connectivity index (χ4v) is 3.58. The van der Waals surface area contributed by atoms with E-state index in [1.165, 1.54) is 11.5 Å². The monoisotopic (exact) mass is 376 g/mol. The second kappa shape index (κ2) is 7.90. The van der Waals surface area contributed by atoms with Crippen LogP contribution in [0.5, 0.6) is 11.5 Å². The van der Waals surface area contributed by atoms with Gasteiger partial charge >= 0.3 is 0 Å². The van der Waals surface area contributed by atoms with E-state index in [0.717, 1.165) is 17.9 Å². The first-order valence-electron chi connectivity index (χ1n) is 8.63. The summed E-state index contributed by atoms with van der Waals surface area (Å²) in [5.74, 6) is 2.66. The largest absolute Gasteiger partial charge is 0.497 e. The molecule has 140 valence electrons. The minimum Gasteiger partial charge on any atom is -0.497 e. The number of hydrogen-bond donors (Lipinski definition) is 1. The van der Waals surface area contributed by atoms with Gasteiger partial charge in [-0.1, -0.05) is 13.8 Å². The van der Waals surface area contributed by atoms with E-state index >= 15 is 0 Å². The number of ether oxygens (including phenoxy) is 2. The first-order chi connectivity index (χ1) is 12.5. The maximum Gasteiger partial charge on any atom is 0.249 e. The standard InChI is InChI=1S/C18H24N4O3S/c1-11(2)7-16-20-18(26-21-16)19-15-5-6-22(17(15)23)12-8-13(24-3)10-14(9-12)25-4/h8-11,15H,5-7H2,1-4H3,(H,19,20,21). The van der Waals surface area contributed by atoms with E-state index in [2.05, 4.69) is 28.5 Å². The summed E-state index contributed by atoms with van der Waals surface area (Å²) >= 11 is 1.31. The molecule has 0 radical (unpaired) electrons. The molecule has 1 amide bonds. The maximum absolute atomic E-state index is 12.8. The normalized spacial score (nSPS) is 17.0. The van der Waals surface area contributed by atoms with Gasteiger partial charge < -0.3 is 19.7 Å². The van der Waals surface area contributed by atoms with E-state index in [9.17, 15) is 4.79 Å². The molecule has 0 spiro atoms. The zero-order chi connectivity index (χ0) is 18.7. The van der Waals surface area contributed by atoms with Crippen LogP contribution in [-0.4, -0.2) is 42.1 Å². The average molecular weight is 376 g/mol. The van der Waals surface area contributed by atoms with E-state index in [0.29, 0.717) is 35.5 Å². The molecule has 1 fully saturated rings. The van der Waals surface area contributed by atoms with Crippen molar-refractivity contribution in [1.82, 2.24) is 9.36 Å². The second-order valence-corrected chi connectivity index (χ2v) is 7.41. The minimum atomic E-state index is -0.299. The fraction of sp³-hybridized carbons (Fsp3) is 0.500. The van der Waals surface area contributed by atoms with E-state index in [1.54, 1.807) is 25.2 Å². The Hall–Kier alpha value is -2.35. The minimum absolute atomic E-state index is 0.0147. The van der Waals surface area contributed by atoms with Crippen LogP contribution in [0.15, 0.2) is 18.2 Å². The number of nitrogens with zero attached hydrogens (tertiary/aromatic N) is 3. The van der Waals surface area contributed by atoms with Gasteiger partial charge in [-0.15, -0.1) is 0 Å². The number of benzene rings is 1. The quantitative estimate of drug-likeness (QED) is 0.801. The van der Waals surface area contributed by atoms with Crippen LogP contribution in [0.1, 0.15) is 26.1 Å². The molecular formula is C18H24N4O3S. The lowest BCUT2D eigenvalue weighted by molar-refractivity contribution is -0.117. The molecule has 1 aromatic heterocycles. The number of amides is 1.